The Morgan fingerprint density at radius 1 is 0.816 bits per heavy atom. The van der Waals surface area contributed by atoms with E-state index in [4.69, 9.17) is 9.97 Å². The first kappa shape index (κ1) is 23.8. The van der Waals surface area contributed by atoms with Gasteiger partial charge in [-0.05, 0) is 73.9 Å². The molecule has 1 atom stereocenters. The van der Waals surface area contributed by atoms with Gasteiger partial charge in [0.25, 0.3) is 5.95 Å². The summed E-state index contributed by atoms with van der Waals surface area (Å²) in [4.78, 5) is 9.71. The number of rotatable bonds is 6. The van der Waals surface area contributed by atoms with Crippen molar-refractivity contribution in [1.82, 2.24) is 33.9 Å². The van der Waals surface area contributed by atoms with Crippen LogP contribution in [-0.4, -0.2) is 33.9 Å². The molecule has 0 amide bonds. The van der Waals surface area contributed by atoms with Gasteiger partial charge in [0.1, 0.15) is 5.82 Å². The molecule has 38 heavy (non-hydrogen) atoms. The molecule has 8 heteroatoms. The van der Waals surface area contributed by atoms with Crippen LogP contribution in [0.1, 0.15) is 36.8 Å². The first-order valence-electron chi connectivity index (χ1n) is 12.7. The van der Waals surface area contributed by atoms with Crippen LogP contribution in [0.2, 0.25) is 0 Å². The maximum Gasteiger partial charge on any atom is 0.254 e. The predicted octanol–water partition coefficient (Wildman–Crippen LogP) is 6.45. The van der Waals surface area contributed by atoms with Crippen molar-refractivity contribution in [1.29, 1.82) is 0 Å². The predicted molar refractivity (Wildman–Crippen MR) is 146 cm³/mol. The fourth-order valence-corrected chi connectivity index (χ4v) is 4.99. The van der Waals surface area contributed by atoms with Gasteiger partial charge in [-0.3, -0.25) is 9.25 Å². The van der Waals surface area contributed by atoms with Crippen LogP contribution >= 0.6 is 0 Å². The number of nitrogens with zero attached hydrogens (tertiary/aromatic N) is 7. The zero-order valence-electron chi connectivity index (χ0n) is 21.7. The van der Waals surface area contributed by atoms with Gasteiger partial charge in [-0.15, -0.1) is 5.10 Å². The highest BCUT2D eigenvalue weighted by Gasteiger charge is 2.20. The number of hydrogen-bond acceptors (Lipinski definition) is 4. The van der Waals surface area contributed by atoms with Crippen molar-refractivity contribution in [2.75, 3.05) is 0 Å². The molecule has 1 aromatic carbocycles. The van der Waals surface area contributed by atoms with Crippen molar-refractivity contribution in [3.8, 4) is 28.5 Å². The second-order valence-electron chi connectivity index (χ2n) is 9.94. The van der Waals surface area contributed by atoms with Gasteiger partial charge in [0.05, 0.1) is 23.6 Å². The summed E-state index contributed by atoms with van der Waals surface area (Å²) in [5.74, 6) is 0.678. The van der Waals surface area contributed by atoms with Gasteiger partial charge in [0.2, 0.25) is 0 Å². The molecule has 0 saturated heterocycles. The van der Waals surface area contributed by atoms with E-state index < -0.39 is 0 Å². The maximum absolute atomic E-state index is 13.5. The molecule has 6 aromatic rings. The van der Waals surface area contributed by atoms with Gasteiger partial charge in [-0.2, -0.15) is 10.1 Å². The summed E-state index contributed by atoms with van der Waals surface area (Å²) in [6.07, 6.45) is 5.76. The SMILES string of the molecule is Cc1ccc(C)n1-c1nc2cc(-c3cccc(-c4cnn([C@@H](c5ccc(F)cc5)C(C)C)c4)n3)ccn2n1. The second-order valence-corrected chi connectivity index (χ2v) is 9.94. The Morgan fingerprint density at radius 2 is 1.53 bits per heavy atom. The Hall–Kier alpha value is -4.59. The standard InChI is InChI=1S/C30H28FN7/c1-19(2)29(22-10-12-25(31)13-11-22)37-18-24(17-32-37)27-7-5-6-26(33-27)23-14-15-36-28(16-23)34-30(35-36)38-20(3)8-9-21(38)4/h5-19,29H,1-4H3/t29-/m1/s1. The fourth-order valence-electron chi connectivity index (χ4n) is 4.99. The topological polar surface area (TPSA) is 65.8 Å². The minimum Gasteiger partial charge on any atom is -0.286 e. The fraction of sp³-hybridized carbons (Fsp3) is 0.200. The van der Waals surface area contributed by atoms with Gasteiger partial charge in [0, 0.05) is 34.9 Å². The molecule has 0 fully saturated rings. The van der Waals surface area contributed by atoms with E-state index >= 15 is 0 Å². The molecule has 0 aliphatic carbocycles. The highest BCUT2D eigenvalue weighted by molar-refractivity contribution is 5.68. The summed E-state index contributed by atoms with van der Waals surface area (Å²) in [6.45, 7) is 8.37. The maximum atomic E-state index is 13.5. The molecule has 0 aliphatic heterocycles. The summed E-state index contributed by atoms with van der Waals surface area (Å²) in [5, 5.41) is 9.31. The van der Waals surface area contributed by atoms with Crippen molar-refractivity contribution < 1.29 is 4.39 Å². The number of aromatic nitrogens is 7. The van der Waals surface area contributed by atoms with Gasteiger partial charge >= 0.3 is 0 Å². The Balaban J connectivity index is 1.32. The molecule has 5 heterocycles. The number of hydrogen-bond donors (Lipinski definition) is 0. The summed E-state index contributed by atoms with van der Waals surface area (Å²) in [7, 11) is 0. The van der Waals surface area contributed by atoms with E-state index in [2.05, 4.69) is 36.2 Å². The van der Waals surface area contributed by atoms with E-state index in [1.807, 2.05) is 84.2 Å². The summed E-state index contributed by atoms with van der Waals surface area (Å²) in [5.41, 5.74) is 7.50. The van der Waals surface area contributed by atoms with Crippen molar-refractivity contribution in [2.45, 2.75) is 33.7 Å². The van der Waals surface area contributed by atoms with Crippen LogP contribution < -0.4 is 0 Å². The minimum absolute atomic E-state index is 0.00959. The third-order valence-corrected chi connectivity index (χ3v) is 6.87. The lowest BCUT2D eigenvalue weighted by Crippen LogP contribution is -2.17. The summed E-state index contributed by atoms with van der Waals surface area (Å²) >= 11 is 0. The lowest BCUT2D eigenvalue weighted by molar-refractivity contribution is 0.402. The molecule has 0 N–H and O–H groups in total. The highest BCUT2D eigenvalue weighted by Crippen LogP contribution is 2.29. The Labute approximate surface area is 220 Å². The van der Waals surface area contributed by atoms with E-state index in [0.29, 0.717) is 5.95 Å². The van der Waals surface area contributed by atoms with Gasteiger partial charge in [0.15, 0.2) is 5.65 Å². The number of pyridine rings is 2. The second kappa shape index (κ2) is 9.37. The quantitative estimate of drug-likeness (QED) is 0.261. The van der Waals surface area contributed by atoms with Crippen molar-refractivity contribution in [3.05, 3.63) is 108 Å². The smallest absolute Gasteiger partial charge is 0.254 e. The summed E-state index contributed by atoms with van der Waals surface area (Å²) in [6, 6.07) is 20.7. The third-order valence-electron chi connectivity index (χ3n) is 6.87. The van der Waals surface area contributed by atoms with E-state index in [1.165, 1.54) is 12.1 Å². The van der Waals surface area contributed by atoms with Crippen LogP contribution in [0, 0.1) is 25.6 Å². The molecule has 0 spiro atoms. The lowest BCUT2D eigenvalue weighted by atomic mass is 9.96. The Morgan fingerprint density at radius 3 is 2.24 bits per heavy atom. The van der Waals surface area contributed by atoms with Gasteiger partial charge in [-0.25, -0.2) is 13.9 Å². The molecule has 0 aliphatic rings. The van der Waals surface area contributed by atoms with Crippen LogP contribution in [0.3, 0.4) is 0 Å². The first-order valence-corrected chi connectivity index (χ1v) is 12.7. The van der Waals surface area contributed by atoms with Crippen LogP contribution in [0.4, 0.5) is 4.39 Å². The normalized spacial score (nSPS) is 12.5. The largest absolute Gasteiger partial charge is 0.286 e. The van der Waals surface area contributed by atoms with E-state index in [0.717, 1.165) is 45.1 Å². The van der Waals surface area contributed by atoms with Crippen LogP contribution in [0.15, 0.2) is 85.3 Å². The van der Waals surface area contributed by atoms with Crippen LogP contribution in [-0.2, 0) is 0 Å². The zero-order valence-corrected chi connectivity index (χ0v) is 21.7. The molecule has 0 radical (unpaired) electrons. The molecule has 6 rings (SSSR count). The van der Waals surface area contributed by atoms with Crippen molar-refractivity contribution >= 4 is 5.65 Å². The van der Waals surface area contributed by atoms with E-state index in [-0.39, 0.29) is 17.8 Å². The van der Waals surface area contributed by atoms with Gasteiger partial charge < -0.3 is 0 Å². The molecular formula is C30H28FN7. The molecule has 0 unspecified atom stereocenters. The molecule has 5 aromatic heterocycles. The number of benzene rings is 1. The van der Waals surface area contributed by atoms with Gasteiger partial charge in [-0.1, -0.05) is 32.0 Å². The Bertz CT molecular complexity index is 1720. The average molecular weight is 506 g/mol. The molecule has 0 bridgehead atoms. The number of fused-ring (bicyclic) bond motifs is 1. The Kier molecular flexibility index (Phi) is 5.87. The average Bonchev–Trinajstić information content (AvgIpc) is 3.63. The highest BCUT2D eigenvalue weighted by atomic mass is 19.1. The van der Waals surface area contributed by atoms with Crippen LogP contribution in [0.5, 0.6) is 0 Å². The van der Waals surface area contributed by atoms with E-state index in [1.54, 1.807) is 4.52 Å². The summed E-state index contributed by atoms with van der Waals surface area (Å²) < 4.78 is 19.3. The molecule has 0 saturated carbocycles. The first-order chi connectivity index (χ1) is 18.4. The monoisotopic (exact) mass is 505 g/mol. The minimum atomic E-state index is -0.242. The number of aryl methyl sites for hydroxylation is 2. The zero-order chi connectivity index (χ0) is 26.4. The molecule has 190 valence electrons. The molecular weight excluding hydrogens is 477 g/mol. The lowest BCUT2D eigenvalue weighted by Gasteiger charge is -2.22. The van der Waals surface area contributed by atoms with Crippen LogP contribution in [0.25, 0.3) is 34.1 Å². The van der Waals surface area contributed by atoms with Crippen molar-refractivity contribution in [3.63, 3.8) is 0 Å². The number of halogens is 1. The third kappa shape index (κ3) is 4.28. The molecule has 7 nitrogen and oxygen atoms in total. The van der Waals surface area contributed by atoms with Crippen molar-refractivity contribution in [2.24, 2.45) is 5.92 Å². The van der Waals surface area contributed by atoms with E-state index in [9.17, 15) is 4.39 Å².